The Bertz CT molecular complexity index is 449. The Labute approximate surface area is 122 Å². The van der Waals surface area contributed by atoms with Gasteiger partial charge < -0.3 is 10.1 Å². The Kier molecular flexibility index (Phi) is 4.30. The number of hydrogen-bond donors (Lipinski definition) is 1. The van der Waals surface area contributed by atoms with Crippen LogP contribution >= 0.6 is 0 Å². The van der Waals surface area contributed by atoms with Gasteiger partial charge in [0.2, 0.25) is 0 Å². The van der Waals surface area contributed by atoms with Gasteiger partial charge in [0.25, 0.3) is 0 Å². The fourth-order valence-corrected chi connectivity index (χ4v) is 4.05. The number of benzene rings is 1. The highest BCUT2D eigenvalue weighted by atomic mass is 16.5. The molecule has 0 saturated heterocycles. The van der Waals surface area contributed by atoms with Crippen molar-refractivity contribution in [2.75, 3.05) is 13.7 Å². The minimum absolute atomic E-state index is 0.572. The van der Waals surface area contributed by atoms with Crippen molar-refractivity contribution >= 4 is 0 Å². The Hall–Kier alpha value is -1.02. The van der Waals surface area contributed by atoms with Gasteiger partial charge in [-0.2, -0.15) is 0 Å². The largest absolute Gasteiger partial charge is 0.497 e. The maximum Gasteiger partial charge on any atom is 0.119 e. The van der Waals surface area contributed by atoms with Crippen molar-refractivity contribution in [1.29, 1.82) is 0 Å². The number of methoxy groups -OCH3 is 1. The van der Waals surface area contributed by atoms with Gasteiger partial charge in [-0.1, -0.05) is 32.3 Å². The zero-order valence-electron chi connectivity index (χ0n) is 12.8. The van der Waals surface area contributed by atoms with E-state index < -0.39 is 0 Å². The molecule has 0 amide bonds. The van der Waals surface area contributed by atoms with Gasteiger partial charge in [0, 0.05) is 6.04 Å². The Morgan fingerprint density at radius 1 is 1.20 bits per heavy atom. The lowest BCUT2D eigenvalue weighted by atomic mass is 9.74. The van der Waals surface area contributed by atoms with E-state index in [0.29, 0.717) is 6.04 Å². The Morgan fingerprint density at radius 2 is 2.00 bits per heavy atom. The van der Waals surface area contributed by atoms with Crippen molar-refractivity contribution in [3.05, 3.63) is 29.3 Å². The van der Waals surface area contributed by atoms with Gasteiger partial charge in [-0.05, 0) is 60.9 Å². The van der Waals surface area contributed by atoms with E-state index >= 15 is 0 Å². The van der Waals surface area contributed by atoms with Gasteiger partial charge in [0.05, 0.1) is 7.11 Å². The third-order valence-corrected chi connectivity index (χ3v) is 5.38. The molecule has 0 aromatic heterocycles. The highest BCUT2D eigenvalue weighted by Crippen LogP contribution is 2.40. The number of hydrogen-bond acceptors (Lipinski definition) is 2. The number of fused-ring (bicyclic) bond motifs is 1. The van der Waals surface area contributed by atoms with Crippen LogP contribution in [0.4, 0.5) is 0 Å². The SMILES string of the molecule is CCC1CCC(C2NCCc3cc(OC)ccc32)CC1. The average Bonchev–Trinajstić information content (AvgIpc) is 2.54. The zero-order chi connectivity index (χ0) is 13.9. The van der Waals surface area contributed by atoms with E-state index in [1.807, 2.05) is 0 Å². The first-order chi connectivity index (χ1) is 9.81. The monoisotopic (exact) mass is 273 g/mol. The molecule has 1 unspecified atom stereocenters. The van der Waals surface area contributed by atoms with Crippen molar-refractivity contribution in [2.45, 2.75) is 51.5 Å². The number of ether oxygens (including phenoxy) is 1. The first-order valence-corrected chi connectivity index (χ1v) is 8.22. The lowest BCUT2D eigenvalue weighted by molar-refractivity contribution is 0.214. The second kappa shape index (κ2) is 6.17. The maximum absolute atomic E-state index is 5.37. The molecule has 1 fully saturated rings. The molecule has 1 aliphatic heterocycles. The van der Waals surface area contributed by atoms with Crippen LogP contribution in [0.15, 0.2) is 18.2 Å². The summed E-state index contributed by atoms with van der Waals surface area (Å²) in [4.78, 5) is 0. The van der Waals surface area contributed by atoms with Crippen LogP contribution in [0.2, 0.25) is 0 Å². The van der Waals surface area contributed by atoms with Gasteiger partial charge in [-0.25, -0.2) is 0 Å². The summed E-state index contributed by atoms with van der Waals surface area (Å²) in [5, 5.41) is 3.77. The third kappa shape index (κ3) is 2.71. The summed E-state index contributed by atoms with van der Waals surface area (Å²) in [7, 11) is 1.76. The van der Waals surface area contributed by atoms with E-state index in [-0.39, 0.29) is 0 Å². The summed E-state index contributed by atoms with van der Waals surface area (Å²) in [6.45, 7) is 3.45. The maximum atomic E-state index is 5.37. The molecule has 3 rings (SSSR count). The molecule has 2 nitrogen and oxygen atoms in total. The van der Waals surface area contributed by atoms with Gasteiger partial charge >= 0.3 is 0 Å². The molecule has 0 bridgehead atoms. The second-order valence-electron chi connectivity index (χ2n) is 6.44. The molecule has 20 heavy (non-hydrogen) atoms. The van der Waals surface area contributed by atoms with E-state index in [9.17, 15) is 0 Å². The quantitative estimate of drug-likeness (QED) is 0.895. The standard InChI is InChI=1S/C18H27NO/c1-3-13-4-6-14(7-5-13)18-17-9-8-16(20-2)12-15(17)10-11-19-18/h8-9,12-14,18-19H,3-7,10-11H2,1-2H3. The summed E-state index contributed by atoms with van der Waals surface area (Å²) in [6, 6.07) is 7.22. The lowest BCUT2D eigenvalue weighted by Crippen LogP contribution is -2.36. The van der Waals surface area contributed by atoms with Crippen LogP contribution in [-0.2, 0) is 6.42 Å². The molecule has 2 aliphatic rings. The molecule has 1 heterocycles. The number of nitrogens with one attached hydrogen (secondary N) is 1. The first-order valence-electron chi connectivity index (χ1n) is 8.22. The fourth-order valence-electron chi connectivity index (χ4n) is 4.05. The third-order valence-electron chi connectivity index (χ3n) is 5.38. The van der Waals surface area contributed by atoms with Gasteiger partial charge in [0.1, 0.15) is 5.75 Å². The topological polar surface area (TPSA) is 21.3 Å². The minimum atomic E-state index is 0.572. The van der Waals surface area contributed by atoms with Crippen LogP contribution in [0.1, 0.15) is 56.2 Å². The molecule has 2 heteroatoms. The van der Waals surface area contributed by atoms with E-state index in [0.717, 1.165) is 30.6 Å². The Morgan fingerprint density at radius 3 is 2.70 bits per heavy atom. The molecular weight excluding hydrogens is 246 g/mol. The van der Waals surface area contributed by atoms with Crippen molar-refractivity contribution in [3.63, 3.8) is 0 Å². The summed E-state index contributed by atoms with van der Waals surface area (Å²) in [6.07, 6.45) is 8.12. The fraction of sp³-hybridized carbons (Fsp3) is 0.667. The van der Waals surface area contributed by atoms with Crippen LogP contribution in [0.25, 0.3) is 0 Å². The van der Waals surface area contributed by atoms with Crippen LogP contribution in [-0.4, -0.2) is 13.7 Å². The highest BCUT2D eigenvalue weighted by Gasteiger charge is 2.30. The van der Waals surface area contributed by atoms with Crippen LogP contribution in [0, 0.1) is 11.8 Å². The molecule has 1 aromatic rings. The van der Waals surface area contributed by atoms with Crippen molar-refractivity contribution in [2.24, 2.45) is 11.8 Å². The van der Waals surface area contributed by atoms with Gasteiger partial charge in [-0.15, -0.1) is 0 Å². The van der Waals surface area contributed by atoms with Crippen molar-refractivity contribution in [3.8, 4) is 5.75 Å². The first kappa shape index (κ1) is 13.9. The molecule has 1 N–H and O–H groups in total. The van der Waals surface area contributed by atoms with Crippen molar-refractivity contribution < 1.29 is 4.74 Å². The summed E-state index contributed by atoms with van der Waals surface area (Å²) in [5.74, 6) is 2.80. The van der Waals surface area contributed by atoms with Crippen LogP contribution in [0.3, 0.4) is 0 Å². The molecule has 1 aliphatic carbocycles. The Balaban J connectivity index is 1.76. The molecule has 0 spiro atoms. The smallest absolute Gasteiger partial charge is 0.119 e. The zero-order valence-corrected chi connectivity index (χ0v) is 12.8. The summed E-state index contributed by atoms with van der Waals surface area (Å²) in [5.41, 5.74) is 3.02. The van der Waals surface area contributed by atoms with E-state index in [4.69, 9.17) is 4.74 Å². The second-order valence-corrected chi connectivity index (χ2v) is 6.44. The summed E-state index contributed by atoms with van der Waals surface area (Å²) < 4.78 is 5.37. The predicted octanol–water partition coefficient (Wildman–Crippen LogP) is 4.10. The molecule has 1 saturated carbocycles. The number of rotatable bonds is 3. The van der Waals surface area contributed by atoms with Gasteiger partial charge in [0.15, 0.2) is 0 Å². The molecule has 110 valence electrons. The van der Waals surface area contributed by atoms with E-state index in [1.165, 1.54) is 43.2 Å². The molecule has 1 atom stereocenters. The normalized spacial score (nSPS) is 29.8. The molecule has 0 radical (unpaired) electrons. The minimum Gasteiger partial charge on any atom is -0.497 e. The summed E-state index contributed by atoms with van der Waals surface area (Å²) >= 11 is 0. The lowest BCUT2D eigenvalue weighted by Gasteiger charge is -2.37. The highest BCUT2D eigenvalue weighted by molar-refractivity contribution is 5.39. The van der Waals surface area contributed by atoms with Gasteiger partial charge in [-0.3, -0.25) is 0 Å². The molecular formula is C18H27NO. The predicted molar refractivity (Wildman–Crippen MR) is 83.2 cm³/mol. The van der Waals surface area contributed by atoms with Crippen molar-refractivity contribution in [1.82, 2.24) is 5.32 Å². The van der Waals surface area contributed by atoms with Crippen LogP contribution in [0.5, 0.6) is 5.75 Å². The molecule has 1 aromatic carbocycles. The van der Waals surface area contributed by atoms with E-state index in [2.05, 4.69) is 30.4 Å². The average molecular weight is 273 g/mol. The van der Waals surface area contributed by atoms with Crippen LogP contribution < -0.4 is 10.1 Å². The van der Waals surface area contributed by atoms with E-state index in [1.54, 1.807) is 7.11 Å².